The maximum Gasteiger partial charge on any atom is 0.524 e. The summed E-state index contributed by atoms with van der Waals surface area (Å²) < 4.78 is 139. The molecule has 126 valence electrons. The van der Waals surface area contributed by atoms with Gasteiger partial charge < -0.3 is 0 Å². The highest BCUT2D eigenvalue weighted by atomic mass is 32.3. The van der Waals surface area contributed by atoms with Gasteiger partial charge in [-0.15, -0.1) is 3.63 Å². The van der Waals surface area contributed by atoms with Crippen molar-refractivity contribution >= 4 is 33.7 Å². The molecule has 0 aromatic heterocycles. The molecule has 0 radical (unpaired) electrons. The van der Waals surface area contributed by atoms with E-state index in [4.69, 9.17) is 0 Å². The molecule has 0 heterocycles. The van der Waals surface area contributed by atoms with Crippen LogP contribution in [0.4, 0.5) is 39.5 Å². The molecule has 0 fully saturated rings. The number of hydrogen-bond acceptors (Lipinski definition) is 5. The maximum atomic E-state index is 11.4. The highest BCUT2D eigenvalue weighted by molar-refractivity contribution is 8.00. The molecule has 0 N–H and O–H groups in total. The summed E-state index contributed by atoms with van der Waals surface area (Å²) in [6.45, 7) is -3.67. The molecule has 0 saturated heterocycles. The summed E-state index contributed by atoms with van der Waals surface area (Å²) in [6.07, 6.45) is 0. The Morgan fingerprint density at radius 3 is 0.950 bits per heavy atom. The van der Waals surface area contributed by atoms with E-state index in [1.807, 2.05) is 3.63 Å². The van der Waals surface area contributed by atoms with Crippen molar-refractivity contribution in [3.8, 4) is 0 Å². The van der Waals surface area contributed by atoms with Crippen LogP contribution >= 0.6 is 13.5 Å². The van der Waals surface area contributed by atoms with Gasteiger partial charge in [0.1, 0.15) is 0 Å². The van der Waals surface area contributed by atoms with Crippen LogP contribution in [-0.4, -0.2) is 34.5 Å². The Morgan fingerprint density at radius 1 is 0.700 bits per heavy atom. The van der Waals surface area contributed by atoms with E-state index in [9.17, 15) is 56.3 Å². The molecular formula is C3H3F9O5S3. The molecule has 0 saturated carbocycles. The van der Waals surface area contributed by atoms with Gasteiger partial charge in [-0.25, -0.2) is 0 Å². The summed E-state index contributed by atoms with van der Waals surface area (Å²) in [5.41, 5.74) is -12.5. The van der Waals surface area contributed by atoms with Crippen LogP contribution in [0.3, 0.4) is 0 Å². The van der Waals surface area contributed by atoms with Crippen LogP contribution in [0.25, 0.3) is 0 Å². The summed E-state index contributed by atoms with van der Waals surface area (Å²) in [6, 6.07) is 0. The first-order chi connectivity index (χ1) is 7.94. The average Bonchev–Trinajstić information content (AvgIpc) is 1.94. The second-order valence-corrected chi connectivity index (χ2v) is 5.40. The molecule has 0 aliphatic heterocycles. The number of hydrogen-bond donors (Lipinski definition) is 0. The molecule has 0 atom stereocenters. The van der Waals surface area contributed by atoms with Crippen molar-refractivity contribution in [2.24, 2.45) is 0 Å². The SMILES string of the molecule is FC(F)F.O=S(=O)(OS(=O)(=O)C(F)(F)F)C(F)(F)F.S. The second kappa shape index (κ2) is 7.55. The summed E-state index contributed by atoms with van der Waals surface area (Å²) in [7, 11) is -13.7. The van der Waals surface area contributed by atoms with Gasteiger partial charge in [0.25, 0.3) is 0 Å². The smallest absolute Gasteiger partial charge is 0.197 e. The third-order valence-electron chi connectivity index (χ3n) is 0.746. The lowest BCUT2D eigenvalue weighted by Gasteiger charge is -2.09. The van der Waals surface area contributed by atoms with Gasteiger partial charge in [0, 0.05) is 0 Å². The fourth-order valence-corrected chi connectivity index (χ4v) is 1.76. The van der Waals surface area contributed by atoms with Gasteiger partial charge in [-0.3, -0.25) is 0 Å². The minimum atomic E-state index is -6.85. The van der Waals surface area contributed by atoms with E-state index >= 15 is 0 Å². The van der Waals surface area contributed by atoms with Crippen molar-refractivity contribution < 1.29 is 60.0 Å². The molecule has 0 unspecified atom stereocenters. The van der Waals surface area contributed by atoms with Crippen molar-refractivity contribution in [3.63, 3.8) is 0 Å². The predicted molar refractivity (Wildman–Crippen MR) is 48.5 cm³/mol. The zero-order valence-electron chi connectivity index (χ0n) is 8.34. The van der Waals surface area contributed by atoms with Gasteiger partial charge in [-0.2, -0.15) is 69.8 Å². The van der Waals surface area contributed by atoms with Crippen LogP contribution in [0.15, 0.2) is 0 Å². The molecule has 5 nitrogen and oxygen atoms in total. The predicted octanol–water partition coefficient (Wildman–Crippen LogP) is 1.99. The molecule has 0 aliphatic rings. The van der Waals surface area contributed by atoms with E-state index in [0.717, 1.165) is 0 Å². The zero-order chi connectivity index (χ0) is 16.3. The van der Waals surface area contributed by atoms with Crippen molar-refractivity contribution in [3.05, 3.63) is 0 Å². The van der Waals surface area contributed by atoms with Crippen molar-refractivity contribution in [1.29, 1.82) is 0 Å². The fraction of sp³-hybridized carbons (Fsp3) is 1.00. The molecular weight excluding hydrogens is 383 g/mol. The van der Waals surface area contributed by atoms with Crippen LogP contribution < -0.4 is 0 Å². The Bertz CT molecular complexity index is 427. The number of alkyl halides is 9. The minimum Gasteiger partial charge on any atom is -0.197 e. The van der Waals surface area contributed by atoms with Crippen LogP contribution in [0.2, 0.25) is 0 Å². The van der Waals surface area contributed by atoms with Gasteiger partial charge in [0.15, 0.2) is 0 Å². The Labute approximate surface area is 112 Å². The van der Waals surface area contributed by atoms with E-state index in [1.54, 1.807) is 0 Å². The standard InChI is InChI=1S/C2F6O5S2.CHF3.H2S/c3-1(4,5)14(9,10)13-15(11,12)2(6,7)8;2-1(3)4;/h;1H;1H2. The summed E-state index contributed by atoms with van der Waals surface area (Å²) in [4.78, 5) is 0. The maximum absolute atomic E-state index is 11.4. The summed E-state index contributed by atoms with van der Waals surface area (Å²) in [5, 5.41) is 0. The third-order valence-corrected chi connectivity index (χ3v) is 3.31. The van der Waals surface area contributed by atoms with E-state index in [1.165, 1.54) is 0 Å². The minimum absolute atomic E-state index is 0. The van der Waals surface area contributed by atoms with Crippen molar-refractivity contribution in [2.75, 3.05) is 0 Å². The normalized spacial score (nSPS) is 13.3. The highest BCUT2D eigenvalue weighted by Crippen LogP contribution is 2.31. The lowest BCUT2D eigenvalue weighted by molar-refractivity contribution is -0.0585. The van der Waals surface area contributed by atoms with Gasteiger partial charge >= 0.3 is 37.9 Å². The summed E-state index contributed by atoms with van der Waals surface area (Å²) in [5.74, 6) is 0. The zero-order valence-corrected chi connectivity index (χ0v) is 11.0. The number of halogens is 9. The van der Waals surface area contributed by atoms with Crippen molar-refractivity contribution in [2.45, 2.75) is 17.7 Å². The lowest BCUT2D eigenvalue weighted by atomic mass is 11.6. The van der Waals surface area contributed by atoms with Crippen LogP contribution in [0.5, 0.6) is 0 Å². The first kappa shape index (κ1) is 24.6. The lowest BCUT2D eigenvalue weighted by Crippen LogP contribution is -2.34. The Morgan fingerprint density at radius 2 is 0.850 bits per heavy atom. The quantitative estimate of drug-likeness (QED) is 0.536. The van der Waals surface area contributed by atoms with Gasteiger partial charge in [0.05, 0.1) is 0 Å². The van der Waals surface area contributed by atoms with E-state index in [0.29, 0.717) is 0 Å². The molecule has 0 amide bonds. The second-order valence-electron chi connectivity index (χ2n) is 2.12. The molecule has 0 spiro atoms. The van der Waals surface area contributed by atoms with Gasteiger partial charge in [0.2, 0.25) is 0 Å². The Hall–Kier alpha value is -0.420. The molecule has 0 aliphatic carbocycles. The number of rotatable bonds is 2. The monoisotopic (exact) mass is 386 g/mol. The molecule has 0 aromatic carbocycles. The van der Waals surface area contributed by atoms with Crippen LogP contribution in [-0.2, 0) is 23.9 Å². The third kappa shape index (κ3) is 8.69. The van der Waals surface area contributed by atoms with Gasteiger partial charge in [-0.05, 0) is 0 Å². The van der Waals surface area contributed by atoms with Gasteiger partial charge in [-0.1, -0.05) is 0 Å². The first-order valence-electron chi connectivity index (χ1n) is 3.20. The molecule has 0 rings (SSSR count). The largest absolute Gasteiger partial charge is 0.524 e. The van der Waals surface area contributed by atoms with Crippen LogP contribution in [0, 0.1) is 0 Å². The Balaban J connectivity index is -0.000000508. The topological polar surface area (TPSA) is 77.5 Å². The van der Waals surface area contributed by atoms with E-state index < -0.39 is 37.9 Å². The van der Waals surface area contributed by atoms with Crippen molar-refractivity contribution in [1.82, 2.24) is 0 Å². The highest BCUT2D eigenvalue weighted by Gasteiger charge is 2.57. The van der Waals surface area contributed by atoms with E-state index in [-0.39, 0.29) is 13.5 Å². The molecule has 20 heavy (non-hydrogen) atoms. The molecule has 0 aromatic rings. The fourth-order valence-electron chi connectivity index (χ4n) is 0.195. The first-order valence-corrected chi connectivity index (χ1v) is 6.01. The molecule has 17 heteroatoms. The summed E-state index contributed by atoms with van der Waals surface area (Å²) >= 11 is 0. The molecule has 0 bridgehead atoms. The Kier molecular flexibility index (Phi) is 9.28. The van der Waals surface area contributed by atoms with E-state index in [2.05, 4.69) is 0 Å². The average molecular weight is 386 g/mol. The van der Waals surface area contributed by atoms with Crippen LogP contribution in [0.1, 0.15) is 0 Å².